The minimum Gasteiger partial charge on any atom is -0.328 e. The molecule has 0 spiro atoms. The van der Waals surface area contributed by atoms with Crippen LogP contribution in [0.5, 0.6) is 0 Å². The number of nitrogens with one attached hydrogen (secondary N) is 1. The van der Waals surface area contributed by atoms with E-state index in [2.05, 4.69) is 25.1 Å². The van der Waals surface area contributed by atoms with Gasteiger partial charge in [-0.1, -0.05) is 0 Å². The SMILES string of the molecule is O=C(c1ccnc2ccncc12)N1CCCCC1c1ncn[nH]1. The highest BCUT2D eigenvalue weighted by Gasteiger charge is 2.31. The molecule has 1 saturated heterocycles. The summed E-state index contributed by atoms with van der Waals surface area (Å²) in [5.41, 5.74) is 1.41. The quantitative estimate of drug-likeness (QED) is 0.783. The van der Waals surface area contributed by atoms with E-state index in [4.69, 9.17) is 0 Å². The lowest BCUT2D eigenvalue weighted by Gasteiger charge is -2.34. The Kier molecular flexibility index (Phi) is 3.45. The first-order valence-electron chi connectivity index (χ1n) is 7.69. The largest absolute Gasteiger partial charge is 0.328 e. The Labute approximate surface area is 132 Å². The highest BCUT2D eigenvalue weighted by atomic mass is 16.2. The molecule has 23 heavy (non-hydrogen) atoms. The summed E-state index contributed by atoms with van der Waals surface area (Å²) >= 11 is 0. The molecule has 0 saturated carbocycles. The number of aromatic nitrogens is 5. The summed E-state index contributed by atoms with van der Waals surface area (Å²) < 4.78 is 0. The second kappa shape index (κ2) is 5.75. The molecule has 3 aromatic rings. The maximum absolute atomic E-state index is 13.1. The molecule has 7 heteroatoms. The van der Waals surface area contributed by atoms with Gasteiger partial charge in [0.05, 0.1) is 17.1 Å². The van der Waals surface area contributed by atoms with Gasteiger partial charge in [-0.3, -0.25) is 19.9 Å². The number of H-pyrrole nitrogens is 1. The predicted octanol–water partition coefficient (Wildman–Crippen LogP) is 2.12. The first-order chi connectivity index (χ1) is 11.3. The number of rotatable bonds is 2. The molecule has 0 aliphatic carbocycles. The van der Waals surface area contributed by atoms with Crippen LogP contribution in [0.15, 0.2) is 37.1 Å². The van der Waals surface area contributed by atoms with Crippen molar-refractivity contribution in [3.05, 3.63) is 48.4 Å². The van der Waals surface area contributed by atoms with Gasteiger partial charge in [0.2, 0.25) is 0 Å². The molecule has 4 heterocycles. The van der Waals surface area contributed by atoms with Crippen LogP contribution >= 0.6 is 0 Å². The Morgan fingerprint density at radius 3 is 3.04 bits per heavy atom. The van der Waals surface area contributed by atoms with Crippen LogP contribution in [0, 0.1) is 0 Å². The molecule has 0 aromatic carbocycles. The fourth-order valence-electron chi connectivity index (χ4n) is 3.16. The highest BCUT2D eigenvalue weighted by Crippen LogP contribution is 2.31. The molecule has 0 radical (unpaired) electrons. The van der Waals surface area contributed by atoms with E-state index in [0.29, 0.717) is 12.1 Å². The van der Waals surface area contributed by atoms with Gasteiger partial charge in [-0.25, -0.2) is 4.98 Å². The van der Waals surface area contributed by atoms with Crippen molar-refractivity contribution in [3.63, 3.8) is 0 Å². The molecular formula is C16H16N6O. The predicted molar refractivity (Wildman–Crippen MR) is 83.5 cm³/mol. The van der Waals surface area contributed by atoms with Gasteiger partial charge in [0.15, 0.2) is 0 Å². The minimum absolute atomic E-state index is 0.00787. The van der Waals surface area contributed by atoms with Gasteiger partial charge in [-0.05, 0) is 31.4 Å². The van der Waals surface area contributed by atoms with Gasteiger partial charge in [-0.2, -0.15) is 5.10 Å². The van der Waals surface area contributed by atoms with Crippen LogP contribution in [0.2, 0.25) is 0 Å². The second-order valence-corrected chi connectivity index (χ2v) is 5.63. The number of likely N-dealkylation sites (tertiary alicyclic amines) is 1. The maximum Gasteiger partial charge on any atom is 0.255 e. The van der Waals surface area contributed by atoms with Gasteiger partial charge in [0.25, 0.3) is 5.91 Å². The summed E-state index contributed by atoms with van der Waals surface area (Å²) in [5, 5.41) is 7.60. The van der Waals surface area contributed by atoms with Crippen LogP contribution in [0.1, 0.15) is 41.5 Å². The van der Waals surface area contributed by atoms with E-state index >= 15 is 0 Å². The second-order valence-electron chi connectivity index (χ2n) is 5.63. The van der Waals surface area contributed by atoms with Crippen molar-refractivity contribution in [1.29, 1.82) is 0 Å². The van der Waals surface area contributed by atoms with Crippen LogP contribution in [0.3, 0.4) is 0 Å². The number of aromatic amines is 1. The molecule has 3 aromatic heterocycles. The zero-order valence-electron chi connectivity index (χ0n) is 12.5. The Bertz CT molecular complexity index is 826. The lowest BCUT2D eigenvalue weighted by atomic mass is 9.99. The summed E-state index contributed by atoms with van der Waals surface area (Å²) in [6.45, 7) is 0.717. The topological polar surface area (TPSA) is 87.7 Å². The third-order valence-corrected chi connectivity index (χ3v) is 4.29. The number of amides is 1. The van der Waals surface area contributed by atoms with Crippen LogP contribution in [-0.2, 0) is 0 Å². The number of piperidine rings is 1. The average molecular weight is 308 g/mol. The zero-order valence-corrected chi connectivity index (χ0v) is 12.5. The first-order valence-corrected chi connectivity index (χ1v) is 7.69. The van der Waals surface area contributed by atoms with Crippen molar-refractivity contribution in [1.82, 2.24) is 30.0 Å². The number of fused-ring (bicyclic) bond motifs is 1. The molecule has 116 valence electrons. The monoisotopic (exact) mass is 308 g/mol. The summed E-state index contributed by atoms with van der Waals surface area (Å²) in [5.74, 6) is 0.737. The number of carbonyl (C=O) groups is 1. The van der Waals surface area contributed by atoms with Gasteiger partial charge < -0.3 is 4.90 Å². The molecule has 1 unspecified atom stereocenters. The van der Waals surface area contributed by atoms with Crippen molar-refractivity contribution in [2.45, 2.75) is 25.3 Å². The summed E-state index contributed by atoms with van der Waals surface area (Å²) in [6.07, 6.45) is 9.50. The highest BCUT2D eigenvalue weighted by molar-refractivity contribution is 6.05. The fraction of sp³-hybridized carbons (Fsp3) is 0.312. The third-order valence-electron chi connectivity index (χ3n) is 4.29. The number of nitrogens with zero attached hydrogens (tertiary/aromatic N) is 5. The molecular weight excluding hydrogens is 292 g/mol. The fourth-order valence-corrected chi connectivity index (χ4v) is 3.16. The molecule has 1 fully saturated rings. The summed E-state index contributed by atoms with van der Waals surface area (Å²) in [4.78, 5) is 27.7. The van der Waals surface area contributed by atoms with Gasteiger partial charge in [-0.15, -0.1) is 0 Å². The average Bonchev–Trinajstić information content (AvgIpc) is 3.15. The van der Waals surface area contributed by atoms with E-state index in [-0.39, 0.29) is 11.9 Å². The maximum atomic E-state index is 13.1. The van der Waals surface area contributed by atoms with Gasteiger partial charge in [0.1, 0.15) is 12.2 Å². The number of hydrogen-bond donors (Lipinski definition) is 1. The molecule has 4 rings (SSSR count). The standard InChI is InChI=1S/C16H16N6O/c23-16(11-4-7-18-13-5-6-17-9-12(11)13)22-8-2-1-3-14(22)15-19-10-20-21-15/h4-7,9-10,14H,1-3,8H2,(H,19,20,21). The molecule has 1 atom stereocenters. The molecule has 1 aliphatic rings. The van der Waals surface area contributed by atoms with Crippen molar-refractivity contribution < 1.29 is 4.79 Å². The molecule has 0 bridgehead atoms. The van der Waals surface area contributed by atoms with Crippen molar-refractivity contribution >= 4 is 16.8 Å². The van der Waals surface area contributed by atoms with Crippen molar-refractivity contribution in [3.8, 4) is 0 Å². The van der Waals surface area contributed by atoms with Crippen molar-refractivity contribution in [2.75, 3.05) is 6.54 Å². The summed E-state index contributed by atoms with van der Waals surface area (Å²) in [7, 11) is 0. The molecule has 7 nitrogen and oxygen atoms in total. The smallest absolute Gasteiger partial charge is 0.255 e. The van der Waals surface area contributed by atoms with Crippen LogP contribution in [0.25, 0.3) is 10.9 Å². The number of carbonyl (C=O) groups excluding carboxylic acids is 1. The van der Waals surface area contributed by atoms with E-state index < -0.39 is 0 Å². The van der Waals surface area contributed by atoms with E-state index in [1.54, 1.807) is 24.7 Å². The number of pyridine rings is 2. The van der Waals surface area contributed by atoms with Crippen molar-refractivity contribution in [2.24, 2.45) is 0 Å². The lowest BCUT2D eigenvalue weighted by Crippen LogP contribution is -2.39. The number of hydrogen-bond acceptors (Lipinski definition) is 5. The van der Waals surface area contributed by atoms with E-state index in [1.165, 1.54) is 6.33 Å². The van der Waals surface area contributed by atoms with Gasteiger partial charge >= 0.3 is 0 Å². The summed E-state index contributed by atoms with van der Waals surface area (Å²) in [6, 6.07) is 3.52. The Morgan fingerprint density at radius 2 is 2.17 bits per heavy atom. The third kappa shape index (κ3) is 2.44. The van der Waals surface area contributed by atoms with Gasteiger partial charge in [0, 0.05) is 30.5 Å². The Balaban J connectivity index is 1.74. The molecule has 1 amide bonds. The van der Waals surface area contributed by atoms with E-state index in [1.807, 2.05) is 11.0 Å². The minimum atomic E-state index is -0.0568. The molecule has 1 aliphatic heterocycles. The Morgan fingerprint density at radius 1 is 1.22 bits per heavy atom. The van der Waals surface area contributed by atoms with Crippen LogP contribution in [0.4, 0.5) is 0 Å². The first kappa shape index (κ1) is 13.8. The lowest BCUT2D eigenvalue weighted by molar-refractivity contribution is 0.0602. The van der Waals surface area contributed by atoms with Crippen LogP contribution in [-0.4, -0.2) is 42.5 Å². The van der Waals surface area contributed by atoms with E-state index in [0.717, 1.165) is 36.0 Å². The zero-order chi connectivity index (χ0) is 15.6. The Hall–Kier alpha value is -2.83. The normalized spacial score (nSPS) is 18.3. The van der Waals surface area contributed by atoms with E-state index in [9.17, 15) is 4.79 Å². The van der Waals surface area contributed by atoms with Crippen LogP contribution < -0.4 is 0 Å². The molecule has 1 N–H and O–H groups in total.